The van der Waals surface area contributed by atoms with Crippen LogP contribution in [0.1, 0.15) is 0 Å². The highest BCUT2D eigenvalue weighted by atomic mass is 16.6. The summed E-state index contributed by atoms with van der Waals surface area (Å²) in [7, 11) is 0. The van der Waals surface area contributed by atoms with Crippen molar-refractivity contribution in [3.05, 3.63) is 70.3 Å². The highest BCUT2D eigenvalue weighted by Gasteiger charge is 2.10. The van der Waals surface area contributed by atoms with Crippen LogP contribution in [0, 0.1) is 10.1 Å². The Kier molecular flexibility index (Phi) is 4.29. The Morgan fingerprint density at radius 1 is 1.00 bits per heavy atom. The minimum atomic E-state index is -1.00. The molecule has 0 radical (unpaired) electrons. The molecule has 0 saturated carbocycles. The molecule has 0 aliphatic carbocycles. The van der Waals surface area contributed by atoms with Crippen molar-refractivity contribution >= 4 is 5.69 Å². The van der Waals surface area contributed by atoms with Gasteiger partial charge in [-0.2, -0.15) is 0 Å². The Morgan fingerprint density at radius 2 is 1.63 bits per heavy atom. The fraction of sp³-hybridized carbons (Fsp3) is 0. The zero-order valence-electron chi connectivity index (χ0n) is 9.13. The molecule has 0 saturated heterocycles. The smallest absolute Gasteiger partial charge is 0.314 e. The molecule has 0 unspecified atom stereocenters. The van der Waals surface area contributed by atoms with E-state index in [1.165, 1.54) is 12.3 Å². The molecule has 2 rings (SSSR count). The maximum Gasteiger partial charge on any atom is 0.349 e. The fourth-order valence-corrected chi connectivity index (χ4v) is 0.921. The summed E-state index contributed by atoms with van der Waals surface area (Å²) in [4.78, 5) is 58.4. The first-order valence-corrected chi connectivity index (χ1v) is 4.64. The number of rotatable bonds is 1. The molecule has 0 spiro atoms. The third kappa shape index (κ3) is 4.26. The monoisotopic (exact) mass is 269 g/mol. The van der Waals surface area contributed by atoms with E-state index in [1.807, 2.05) is 9.97 Å². The molecule has 2 aromatic rings. The van der Waals surface area contributed by atoms with Crippen LogP contribution in [-0.4, -0.2) is 24.9 Å². The van der Waals surface area contributed by atoms with Crippen LogP contribution >= 0.6 is 0 Å². The van der Waals surface area contributed by atoms with Crippen molar-refractivity contribution in [2.24, 2.45) is 0 Å². The molecule has 0 aliphatic rings. The molecular formula is C8H7N5O6. The number of nitrogens with zero attached hydrogens (tertiary/aromatic N) is 1. The maximum atomic E-state index is 10.6. The van der Waals surface area contributed by atoms with Gasteiger partial charge in [0.1, 0.15) is 0 Å². The largest absolute Gasteiger partial charge is 0.349 e. The number of aromatic amines is 4. The van der Waals surface area contributed by atoms with E-state index in [0.717, 1.165) is 6.20 Å². The molecule has 4 N–H and O–H groups in total. The van der Waals surface area contributed by atoms with Gasteiger partial charge in [0.15, 0.2) is 0 Å². The molecule has 0 aliphatic heterocycles. The van der Waals surface area contributed by atoms with Gasteiger partial charge in [-0.15, -0.1) is 0 Å². The van der Waals surface area contributed by atoms with Crippen LogP contribution in [0.3, 0.4) is 0 Å². The first-order valence-electron chi connectivity index (χ1n) is 4.64. The van der Waals surface area contributed by atoms with Gasteiger partial charge in [-0.3, -0.25) is 29.7 Å². The molecule has 19 heavy (non-hydrogen) atoms. The van der Waals surface area contributed by atoms with Crippen LogP contribution in [0.25, 0.3) is 0 Å². The number of nitrogens with one attached hydrogen (secondary N) is 4. The Bertz CT molecular complexity index is 771. The van der Waals surface area contributed by atoms with Crippen LogP contribution in [0.5, 0.6) is 0 Å². The lowest BCUT2D eigenvalue weighted by Crippen LogP contribution is -2.23. The molecule has 0 aromatic carbocycles. The predicted octanol–water partition coefficient (Wildman–Crippen LogP) is -1.97. The van der Waals surface area contributed by atoms with E-state index in [2.05, 4.69) is 4.98 Å². The van der Waals surface area contributed by atoms with Gasteiger partial charge < -0.3 is 9.97 Å². The van der Waals surface area contributed by atoms with Crippen LogP contribution in [0.15, 0.2) is 37.6 Å². The van der Waals surface area contributed by atoms with Gasteiger partial charge in [0.2, 0.25) is 0 Å². The first kappa shape index (κ1) is 13.8. The van der Waals surface area contributed by atoms with Gasteiger partial charge in [-0.05, 0) is 0 Å². The van der Waals surface area contributed by atoms with Crippen molar-refractivity contribution in [1.82, 2.24) is 19.9 Å². The number of hydrogen-bond donors (Lipinski definition) is 4. The van der Waals surface area contributed by atoms with E-state index in [-0.39, 0.29) is 5.56 Å². The van der Waals surface area contributed by atoms with Crippen molar-refractivity contribution in [3.63, 3.8) is 0 Å². The quantitative estimate of drug-likeness (QED) is 0.345. The summed E-state index contributed by atoms with van der Waals surface area (Å²) in [6, 6.07) is 1.24. The van der Waals surface area contributed by atoms with Crippen molar-refractivity contribution in [1.29, 1.82) is 0 Å². The lowest BCUT2D eigenvalue weighted by atomic mass is 10.5. The second kappa shape index (κ2) is 5.90. The average Bonchev–Trinajstić information content (AvgIpc) is 2.28. The Morgan fingerprint density at radius 3 is 2.05 bits per heavy atom. The van der Waals surface area contributed by atoms with Crippen LogP contribution in [0.2, 0.25) is 0 Å². The van der Waals surface area contributed by atoms with Crippen LogP contribution in [-0.2, 0) is 0 Å². The normalized spacial score (nSPS) is 9.26. The Labute approximate surface area is 102 Å². The highest BCUT2D eigenvalue weighted by molar-refractivity contribution is 5.19. The molecule has 2 heterocycles. The van der Waals surface area contributed by atoms with Gasteiger partial charge >= 0.3 is 22.6 Å². The van der Waals surface area contributed by atoms with Crippen LogP contribution < -0.4 is 22.5 Å². The fourth-order valence-electron chi connectivity index (χ4n) is 0.921. The van der Waals surface area contributed by atoms with Gasteiger partial charge in [-0.25, -0.2) is 9.59 Å². The van der Waals surface area contributed by atoms with Crippen LogP contribution in [0.4, 0.5) is 5.69 Å². The molecule has 0 atom stereocenters. The lowest BCUT2D eigenvalue weighted by molar-refractivity contribution is -0.386. The lowest BCUT2D eigenvalue weighted by Gasteiger charge is -1.85. The van der Waals surface area contributed by atoms with Gasteiger partial charge in [0.05, 0.1) is 11.1 Å². The van der Waals surface area contributed by atoms with E-state index in [4.69, 9.17) is 0 Å². The summed E-state index contributed by atoms with van der Waals surface area (Å²) < 4.78 is 0. The molecule has 0 bridgehead atoms. The summed E-state index contributed by atoms with van der Waals surface area (Å²) >= 11 is 0. The highest BCUT2D eigenvalue weighted by Crippen LogP contribution is 1.94. The third-order valence-corrected chi connectivity index (χ3v) is 1.68. The van der Waals surface area contributed by atoms with Crippen molar-refractivity contribution in [2.45, 2.75) is 0 Å². The summed E-state index contributed by atoms with van der Waals surface area (Å²) in [6.45, 7) is 0. The standard InChI is InChI=1S/C4H3N3O4.C4H4N2O2/c8-3-2(7(10)11)1-5-4(9)6-3;7-3-1-2-5-4(8)6-3/h1H,(H2,5,6,8,9);1-2H,(H2,5,6,7,8). The number of nitro groups is 1. The Hall–Kier alpha value is -3.24. The molecule has 0 fully saturated rings. The zero-order valence-corrected chi connectivity index (χ0v) is 9.13. The maximum absolute atomic E-state index is 10.6. The number of aromatic nitrogens is 4. The minimum Gasteiger partial charge on any atom is -0.314 e. The topological polar surface area (TPSA) is 175 Å². The molecule has 11 nitrogen and oxygen atoms in total. The average molecular weight is 269 g/mol. The van der Waals surface area contributed by atoms with Gasteiger partial charge in [0.25, 0.3) is 5.56 Å². The van der Waals surface area contributed by atoms with E-state index in [1.54, 1.807) is 4.98 Å². The molecule has 0 amide bonds. The second-order valence-electron chi connectivity index (χ2n) is 3.01. The third-order valence-electron chi connectivity index (χ3n) is 1.68. The SMILES string of the molecule is O=c1[nH]cc([N+](=O)[O-])c(=O)[nH]1.O=c1cc[nH]c(=O)[nH]1. The van der Waals surface area contributed by atoms with E-state index in [9.17, 15) is 29.3 Å². The summed E-state index contributed by atoms with van der Waals surface area (Å²) in [5, 5.41) is 10.00. The van der Waals surface area contributed by atoms with Crippen molar-refractivity contribution in [2.75, 3.05) is 0 Å². The van der Waals surface area contributed by atoms with E-state index >= 15 is 0 Å². The van der Waals surface area contributed by atoms with Gasteiger partial charge in [0, 0.05) is 12.3 Å². The zero-order chi connectivity index (χ0) is 14.4. The first-order chi connectivity index (χ1) is 8.90. The molecule has 100 valence electrons. The second-order valence-corrected chi connectivity index (χ2v) is 3.01. The number of H-pyrrole nitrogens is 4. The van der Waals surface area contributed by atoms with Crippen molar-refractivity contribution < 1.29 is 4.92 Å². The molecule has 2 aromatic heterocycles. The van der Waals surface area contributed by atoms with E-state index < -0.39 is 27.5 Å². The number of hydrogen-bond acceptors (Lipinski definition) is 6. The summed E-state index contributed by atoms with van der Waals surface area (Å²) in [6.07, 6.45) is 2.04. The molecular weight excluding hydrogens is 262 g/mol. The predicted molar refractivity (Wildman–Crippen MR) is 62.0 cm³/mol. The molecule has 11 heteroatoms. The summed E-state index contributed by atoms with van der Waals surface area (Å²) in [5.74, 6) is 0. The van der Waals surface area contributed by atoms with E-state index in [0.29, 0.717) is 0 Å². The van der Waals surface area contributed by atoms with Crippen molar-refractivity contribution in [3.8, 4) is 0 Å². The van der Waals surface area contributed by atoms with Gasteiger partial charge in [-0.1, -0.05) is 0 Å². The Balaban J connectivity index is 0.000000200. The minimum absolute atomic E-state index is 0.381. The summed E-state index contributed by atoms with van der Waals surface area (Å²) in [5.41, 5.74) is -3.30.